The number of halogens is 1. The molecule has 1 aliphatic rings. The zero-order chi connectivity index (χ0) is 17.2. The van der Waals surface area contributed by atoms with Crippen LogP contribution in [-0.2, 0) is 11.3 Å². The fraction of sp³-hybridized carbons (Fsp3) is 0.353. The third kappa shape index (κ3) is 3.30. The van der Waals surface area contributed by atoms with Gasteiger partial charge in [0.25, 0.3) is 0 Å². The van der Waals surface area contributed by atoms with E-state index < -0.39 is 0 Å². The Kier molecular flexibility index (Phi) is 4.52. The quantitative estimate of drug-likeness (QED) is 0.732. The number of likely N-dealkylation sites (tertiary alicyclic amines) is 1. The second-order valence-electron chi connectivity index (χ2n) is 6.25. The Bertz CT molecular complexity index is 833. The second kappa shape index (κ2) is 6.95. The Hall–Kier alpha value is -2.22. The van der Waals surface area contributed by atoms with E-state index in [1.54, 1.807) is 13.3 Å². The Morgan fingerprint density at radius 3 is 2.96 bits per heavy atom. The molecule has 1 saturated heterocycles. The van der Waals surface area contributed by atoms with Crippen molar-refractivity contribution in [1.82, 2.24) is 30.5 Å². The van der Waals surface area contributed by atoms with Crippen LogP contribution in [0.15, 0.2) is 36.7 Å². The number of aromatic nitrogens is 5. The van der Waals surface area contributed by atoms with E-state index in [0.717, 1.165) is 42.1 Å². The molecule has 3 heterocycles. The summed E-state index contributed by atoms with van der Waals surface area (Å²) in [6.07, 6.45) is 3.75. The molecule has 2 N–H and O–H groups in total. The fourth-order valence-electron chi connectivity index (χ4n) is 3.46. The topological polar surface area (TPSA) is 82.7 Å². The molecule has 7 nitrogen and oxygen atoms in total. The Labute approximate surface area is 150 Å². The van der Waals surface area contributed by atoms with Gasteiger partial charge in [0.1, 0.15) is 0 Å². The molecule has 2 aromatic heterocycles. The molecule has 25 heavy (non-hydrogen) atoms. The van der Waals surface area contributed by atoms with E-state index in [1.165, 1.54) is 0 Å². The van der Waals surface area contributed by atoms with Crippen LogP contribution in [0.4, 0.5) is 0 Å². The molecule has 0 unspecified atom stereocenters. The molecule has 0 saturated carbocycles. The number of hydrogen-bond donors (Lipinski definition) is 2. The number of hydrogen-bond acceptors (Lipinski definition) is 5. The van der Waals surface area contributed by atoms with Crippen LogP contribution in [0.25, 0.3) is 11.3 Å². The minimum absolute atomic E-state index is 0.103. The van der Waals surface area contributed by atoms with E-state index >= 15 is 0 Å². The maximum Gasteiger partial charge on any atom is 0.0894 e. The zero-order valence-electron chi connectivity index (χ0n) is 13.8. The lowest BCUT2D eigenvalue weighted by Crippen LogP contribution is -2.22. The average molecular weight is 359 g/mol. The SMILES string of the molecule is CO[C@@H]1CN(Cc2cn[nH]c2-c2cccc(Cl)c2)C[C@H]1c1cn[nH]n1. The molecular formula is C17H19ClN6O. The van der Waals surface area contributed by atoms with Gasteiger partial charge in [0.2, 0.25) is 0 Å². The van der Waals surface area contributed by atoms with E-state index in [0.29, 0.717) is 5.02 Å². The highest BCUT2D eigenvalue weighted by molar-refractivity contribution is 6.30. The maximum absolute atomic E-state index is 6.12. The third-order valence-electron chi connectivity index (χ3n) is 4.68. The molecule has 0 bridgehead atoms. The van der Waals surface area contributed by atoms with Crippen molar-refractivity contribution in [3.8, 4) is 11.3 Å². The molecule has 3 aromatic rings. The minimum atomic E-state index is 0.103. The van der Waals surface area contributed by atoms with Crippen LogP contribution in [0.2, 0.25) is 5.02 Å². The first-order chi connectivity index (χ1) is 12.2. The Morgan fingerprint density at radius 1 is 1.28 bits per heavy atom. The van der Waals surface area contributed by atoms with Gasteiger partial charge >= 0.3 is 0 Å². The molecule has 130 valence electrons. The summed E-state index contributed by atoms with van der Waals surface area (Å²) in [5, 5.41) is 18.9. The molecule has 8 heteroatoms. The van der Waals surface area contributed by atoms with Gasteiger partial charge in [-0.3, -0.25) is 10.00 Å². The van der Waals surface area contributed by atoms with Crippen molar-refractivity contribution in [1.29, 1.82) is 0 Å². The van der Waals surface area contributed by atoms with Crippen molar-refractivity contribution in [2.45, 2.75) is 18.6 Å². The van der Waals surface area contributed by atoms with Gasteiger partial charge in [0.15, 0.2) is 0 Å². The number of nitrogens with zero attached hydrogens (tertiary/aromatic N) is 4. The van der Waals surface area contributed by atoms with Gasteiger partial charge in [-0.25, -0.2) is 0 Å². The third-order valence-corrected chi connectivity index (χ3v) is 4.92. The summed E-state index contributed by atoms with van der Waals surface area (Å²) in [6, 6.07) is 7.79. The molecule has 0 aliphatic carbocycles. The average Bonchev–Trinajstić information content (AvgIpc) is 3.35. The highest BCUT2D eigenvalue weighted by Crippen LogP contribution is 2.31. The van der Waals surface area contributed by atoms with Crippen molar-refractivity contribution >= 4 is 11.6 Å². The lowest BCUT2D eigenvalue weighted by atomic mass is 10.0. The van der Waals surface area contributed by atoms with Crippen molar-refractivity contribution in [3.05, 3.63) is 52.9 Å². The zero-order valence-corrected chi connectivity index (χ0v) is 14.6. The smallest absolute Gasteiger partial charge is 0.0894 e. The van der Waals surface area contributed by atoms with E-state index in [4.69, 9.17) is 16.3 Å². The molecule has 1 aromatic carbocycles. The number of nitrogens with one attached hydrogen (secondary N) is 2. The normalized spacial score (nSPS) is 21.0. The van der Waals surface area contributed by atoms with Gasteiger partial charge < -0.3 is 4.74 Å². The van der Waals surface area contributed by atoms with Gasteiger partial charge in [-0.1, -0.05) is 23.7 Å². The summed E-state index contributed by atoms with van der Waals surface area (Å²) < 4.78 is 5.66. The first kappa shape index (κ1) is 16.3. The van der Waals surface area contributed by atoms with Crippen molar-refractivity contribution in [2.24, 2.45) is 0 Å². The maximum atomic E-state index is 6.12. The van der Waals surface area contributed by atoms with Gasteiger partial charge in [-0.15, -0.1) is 0 Å². The lowest BCUT2D eigenvalue weighted by molar-refractivity contribution is 0.0957. The minimum Gasteiger partial charge on any atom is -0.379 e. The summed E-state index contributed by atoms with van der Waals surface area (Å²) in [6.45, 7) is 2.49. The van der Waals surface area contributed by atoms with Crippen LogP contribution in [0.3, 0.4) is 0 Å². The Balaban J connectivity index is 1.53. The van der Waals surface area contributed by atoms with E-state index in [9.17, 15) is 0 Å². The summed E-state index contributed by atoms with van der Waals surface area (Å²) in [5.41, 5.74) is 4.12. The van der Waals surface area contributed by atoms with Gasteiger partial charge in [0, 0.05) is 48.8 Å². The second-order valence-corrected chi connectivity index (χ2v) is 6.69. The molecule has 2 atom stereocenters. The van der Waals surface area contributed by atoms with E-state index in [2.05, 4.69) is 30.5 Å². The van der Waals surface area contributed by atoms with Crippen LogP contribution in [0.5, 0.6) is 0 Å². The predicted molar refractivity (Wildman–Crippen MR) is 94.2 cm³/mol. The van der Waals surface area contributed by atoms with E-state index in [1.807, 2.05) is 30.5 Å². The highest BCUT2D eigenvalue weighted by Gasteiger charge is 2.35. The number of benzene rings is 1. The summed E-state index contributed by atoms with van der Waals surface area (Å²) >= 11 is 6.12. The molecule has 0 spiro atoms. The summed E-state index contributed by atoms with van der Waals surface area (Å²) in [4.78, 5) is 2.35. The van der Waals surface area contributed by atoms with Gasteiger partial charge in [-0.2, -0.15) is 20.5 Å². The van der Waals surface area contributed by atoms with Crippen molar-refractivity contribution < 1.29 is 4.74 Å². The summed E-state index contributed by atoms with van der Waals surface area (Å²) in [7, 11) is 1.75. The van der Waals surface area contributed by atoms with Crippen molar-refractivity contribution in [3.63, 3.8) is 0 Å². The number of rotatable bonds is 5. The number of ether oxygens (including phenoxy) is 1. The molecule has 0 amide bonds. The highest BCUT2D eigenvalue weighted by atomic mass is 35.5. The number of methoxy groups -OCH3 is 1. The first-order valence-corrected chi connectivity index (χ1v) is 8.51. The number of H-pyrrole nitrogens is 2. The standard InChI is InChI=1S/C17H19ClN6O/c1-25-16-10-24(9-14(16)15-7-20-23-21-15)8-12-6-19-22-17(12)11-3-2-4-13(18)5-11/h2-7,14,16H,8-10H2,1H3,(H,19,22)(H,20,21,23)/t14-,16+/m0/s1. The van der Waals surface area contributed by atoms with Crippen LogP contribution in [0, 0.1) is 0 Å². The molecule has 1 aliphatic heterocycles. The first-order valence-electron chi connectivity index (χ1n) is 8.13. The Morgan fingerprint density at radius 2 is 2.20 bits per heavy atom. The predicted octanol–water partition coefficient (Wildman–Crippen LogP) is 2.46. The molecular weight excluding hydrogens is 340 g/mol. The van der Waals surface area contributed by atoms with Crippen molar-refractivity contribution in [2.75, 3.05) is 20.2 Å². The van der Waals surface area contributed by atoms with Gasteiger partial charge in [0.05, 0.1) is 29.9 Å². The largest absolute Gasteiger partial charge is 0.379 e. The van der Waals surface area contributed by atoms with Crippen LogP contribution >= 0.6 is 11.6 Å². The van der Waals surface area contributed by atoms with Crippen LogP contribution in [-0.4, -0.2) is 56.8 Å². The molecule has 0 radical (unpaired) electrons. The monoisotopic (exact) mass is 358 g/mol. The molecule has 1 fully saturated rings. The fourth-order valence-corrected chi connectivity index (χ4v) is 3.65. The van der Waals surface area contributed by atoms with E-state index in [-0.39, 0.29) is 12.0 Å². The van der Waals surface area contributed by atoms with Crippen LogP contribution in [0.1, 0.15) is 17.2 Å². The van der Waals surface area contributed by atoms with Gasteiger partial charge in [-0.05, 0) is 12.1 Å². The summed E-state index contributed by atoms with van der Waals surface area (Å²) in [5.74, 6) is 0.213. The lowest BCUT2D eigenvalue weighted by Gasteiger charge is -2.15. The number of aromatic amines is 2. The van der Waals surface area contributed by atoms with Crippen LogP contribution < -0.4 is 0 Å². The molecule has 4 rings (SSSR count).